The highest BCUT2D eigenvalue weighted by molar-refractivity contribution is 6.51. The van der Waals surface area contributed by atoms with Gasteiger partial charge in [-0.3, -0.25) is 14.5 Å². The van der Waals surface area contributed by atoms with Gasteiger partial charge in [-0.2, -0.15) is 0 Å². The number of carbonyl (C=O) groups excluding carboxylic acids is 2. The zero-order valence-electron chi connectivity index (χ0n) is 16.8. The molecule has 0 radical (unpaired) electrons. The van der Waals surface area contributed by atoms with Crippen LogP contribution in [-0.2, 0) is 9.59 Å². The largest absolute Gasteiger partial charge is 0.507 e. The Morgan fingerprint density at radius 3 is 2.41 bits per heavy atom. The first kappa shape index (κ1) is 21.4. The number of aliphatic hydroxyl groups is 1. The van der Waals surface area contributed by atoms with Crippen LogP contribution in [0.2, 0.25) is 5.02 Å². The van der Waals surface area contributed by atoms with Gasteiger partial charge in [-0.15, -0.1) is 0 Å². The summed E-state index contributed by atoms with van der Waals surface area (Å²) in [4.78, 5) is 27.3. The Bertz CT molecular complexity index is 1260. The molecule has 3 aromatic carbocycles. The summed E-state index contributed by atoms with van der Waals surface area (Å²) < 4.78 is 18.4. The van der Waals surface area contributed by atoms with E-state index in [-0.39, 0.29) is 22.6 Å². The molecule has 1 unspecified atom stereocenters. The molecule has 1 heterocycles. The molecular formula is C24H17ClFNO5. The summed E-state index contributed by atoms with van der Waals surface area (Å²) >= 11 is 6.10. The SMILES string of the molecule is COc1ccc(C2/C(=C(/O)c3ccc(F)cc3)C(=O)C(=O)N2c2cccc(Cl)c2)cc1O. The van der Waals surface area contributed by atoms with Gasteiger partial charge in [0.1, 0.15) is 11.6 Å². The van der Waals surface area contributed by atoms with Crippen molar-refractivity contribution < 1.29 is 28.9 Å². The molecule has 8 heteroatoms. The van der Waals surface area contributed by atoms with Crippen LogP contribution in [0.4, 0.5) is 10.1 Å². The predicted molar refractivity (Wildman–Crippen MR) is 117 cm³/mol. The minimum atomic E-state index is -1.07. The molecule has 32 heavy (non-hydrogen) atoms. The fourth-order valence-corrected chi connectivity index (χ4v) is 3.87. The van der Waals surface area contributed by atoms with Gasteiger partial charge in [0.25, 0.3) is 11.7 Å². The molecule has 1 aliphatic heterocycles. The van der Waals surface area contributed by atoms with Crippen molar-refractivity contribution in [2.75, 3.05) is 12.0 Å². The third-order valence-corrected chi connectivity index (χ3v) is 5.40. The summed E-state index contributed by atoms with van der Waals surface area (Å²) in [6, 6.07) is 14.6. The smallest absolute Gasteiger partial charge is 0.300 e. The van der Waals surface area contributed by atoms with Crippen molar-refractivity contribution in [1.29, 1.82) is 0 Å². The summed E-state index contributed by atoms with van der Waals surface area (Å²) in [5.41, 5.74) is 0.647. The van der Waals surface area contributed by atoms with E-state index < -0.39 is 29.3 Å². The number of phenols is 1. The Morgan fingerprint density at radius 2 is 1.78 bits per heavy atom. The molecule has 0 spiro atoms. The summed E-state index contributed by atoms with van der Waals surface area (Å²) in [6.45, 7) is 0. The molecule has 2 N–H and O–H groups in total. The number of anilines is 1. The first-order valence-electron chi connectivity index (χ1n) is 9.51. The number of ketones is 1. The van der Waals surface area contributed by atoms with Crippen molar-refractivity contribution in [2.24, 2.45) is 0 Å². The molecule has 0 bridgehead atoms. The predicted octanol–water partition coefficient (Wildman–Crippen LogP) is 4.82. The lowest BCUT2D eigenvalue weighted by atomic mass is 9.94. The minimum Gasteiger partial charge on any atom is -0.507 e. The second-order valence-corrected chi connectivity index (χ2v) is 7.52. The van der Waals surface area contributed by atoms with Crippen molar-refractivity contribution in [3.63, 3.8) is 0 Å². The quantitative estimate of drug-likeness (QED) is 0.336. The fraction of sp³-hybridized carbons (Fsp3) is 0.0833. The standard InChI is InChI=1S/C24H17ClFNO5/c1-32-19-10-7-14(11-18(19)28)21-20(22(29)13-5-8-16(26)9-6-13)23(30)24(31)27(21)17-4-2-3-15(25)12-17/h2-12,21,28-29H,1H3/b22-20-. The summed E-state index contributed by atoms with van der Waals surface area (Å²) in [7, 11) is 1.39. The molecule has 1 amide bonds. The number of hydrogen-bond donors (Lipinski definition) is 2. The molecule has 0 saturated carbocycles. The molecule has 6 nitrogen and oxygen atoms in total. The van der Waals surface area contributed by atoms with Gasteiger partial charge in [-0.1, -0.05) is 23.7 Å². The van der Waals surface area contributed by atoms with E-state index in [0.29, 0.717) is 16.3 Å². The number of aromatic hydroxyl groups is 1. The number of carbonyl (C=O) groups is 2. The van der Waals surface area contributed by atoms with Crippen molar-refractivity contribution in [3.8, 4) is 11.5 Å². The highest BCUT2D eigenvalue weighted by atomic mass is 35.5. The molecule has 0 aliphatic carbocycles. The first-order valence-corrected chi connectivity index (χ1v) is 9.89. The van der Waals surface area contributed by atoms with Crippen LogP contribution in [0.3, 0.4) is 0 Å². The number of ether oxygens (including phenoxy) is 1. The zero-order valence-corrected chi connectivity index (χ0v) is 17.5. The molecule has 4 rings (SSSR count). The lowest BCUT2D eigenvalue weighted by molar-refractivity contribution is -0.132. The maximum Gasteiger partial charge on any atom is 0.300 e. The van der Waals surface area contributed by atoms with Gasteiger partial charge >= 0.3 is 0 Å². The van der Waals surface area contributed by atoms with Crippen LogP contribution >= 0.6 is 11.6 Å². The maximum atomic E-state index is 13.4. The number of nitrogens with zero attached hydrogens (tertiary/aromatic N) is 1. The number of benzene rings is 3. The maximum absolute atomic E-state index is 13.4. The average Bonchev–Trinajstić information content (AvgIpc) is 3.04. The Hall–Kier alpha value is -3.84. The zero-order chi connectivity index (χ0) is 23.0. The molecule has 1 atom stereocenters. The van der Waals surface area contributed by atoms with E-state index in [4.69, 9.17) is 16.3 Å². The number of methoxy groups -OCH3 is 1. The van der Waals surface area contributed by atoms with Gasteiger partial charge in [0.05, 0.1) is 18.7 Å². The van der Waals surface area contributed by atoms with Crippen LogP contribution in [-0.4, -0.2) is 29.0 Å². The first-order chi connectivity index (χ1) is 15.3. The van der Waals surface area contributed by atoms with Gasteiger partial charge in [-0.25, -0.2) is 4.39 Å². The third-order valence-electron chi connectivity index (χ3n) is 5.17. The summed E-state index contributed by atoms with van der Waals surface area (Å²) in [5, 5.41) is 21.6. The van der Waals surface area contributed by atoms with Crippen molar-refractivity contribution in [1.82, 2.24) is 0 Å². The van der Waals surface area contributed by atoms with Crippen LogP contribution in [0.5, 0.6) is 11.5 Å². The Balaban J connectivity index is 1.96. The van der Waals surface area contributed by atoms with Crippen LogP contribution in [0.15, 0.2) is 72.3 Å². The number of amides is 1. The monoisotopic (exact) mass is 453 g/mol. The Kier molecular flexibility index (Phi) is 5.59. The van der Waals surface area contributed by atoms with Gasteiger partial charge in [0, 0.05) is 16.3 Å². The lowest BCUT2D eigenvalue weighted by Gasteiger charge is -2.26. The molecule has 162 valence electrons. The van der Waals surface area contributed by atoms with E-state index in [1.165, 1.54) is 42.3 Å². The summed E-state index contributed by atoms with van der Waals surface area (Å²) in [6.07, 6.45) is 0. The van der Waals surface area contributed by atoms with E-state index >= 15 is 0 Å². The highest BCUT2D eigenvalue weighted by Gasteiger charge is 2.47. The van der Waals surface area contributed by atoms with Crippen molar-refractivity contribution in [3.05, 3.63) is 94.3 Å². The molecular weight excluding hydrogens is 437 g/mol. The van der Waals surface area contributed by atoms with Crippen molar-refractivity contribution >= 4 is 34.7 Å². The van der Waals surface area contributed by atoms with Gasteiger partial charge in [0.15, 0.2) is 11.5 Å². The minimum absolute atomic E-state index is 0.165. The molecule has 1 fully saturated rings. The summed E-state index contributed by atoms with van der Waals surface area (Å²) in [5.74, 6) is -2.79. The Labute approximate surface area is 187 Å². The number of hydrogen-bond acceptors (Lipinski definition) is 5. The number of rotatable bonds is 4. The van der Waals surface area contributed by atoms with Crippen LogP contribution in [0.25, 0.3) is 5.76 Å². The fourth-order valence-electron chi connectivity index (χ4n) is 3.68. The molecule has 1 saturated heterocycles. The van der Waals surface area contributed by atoms with Gasteiger partial charge < -0.3 is 14.9 Å². The van der Waals surface area contributed by atoms with E-state index in [1.54, 1.807) is 24.3 Å². The number of halogens is 2. The van der Waals surface area contributed by atoms with Crippen molar-refractivity contribution in [2.45, 2.75) is 6.04 Å². The van der Waals surface area contributed by atoms with E-state index in [1.807, 2.05) is 0 Å². The molecule has 0 aromatic heterocycles. The van der Waals surface area contributed by atoms with Crippen LogP contribution < -0.4 is 9.64 Å². The Morgan fingerprint density at radius 1 is 1.06 bits per heavy atom. The number of phenolic OH excluding ortho intramolecular Hbond substituents is 1. The number of Topliss-reactive ketones (excluding diaryl/α,β-unsaturated/α-hetero) is 1. The van der Waals surface area contributed by atoms with Gasteiger partial charge in [-0.05, 0) is 60.2 Å². The van der Waals surface area contributed by atoms with Crippen LogP contribution in [0, 0.1) is 5.82 Å². The topological polar surface area (TPSA) is 87.1 Å². The van der Waals surface area contributed by atoms with Gasteiger partial charge in [0.2, 0.25) is 0 Å². The normalized spacial score (nSPS) is 17.6. The van der Waals surface area contributed by atoms with E-state index in [2.05, 4.69) is 0 Å². The second kappa shape index (κ2) is 8.36. The van der Waals surface area contributed by atoms with Crippen LogP contribution in [0.1, 0.15) is 17.2 Å². The average molecular weight is 454 g/mol. The van der Waals surface area contributed by atoms with E-state index in [0.717, 1.165) is 12.1 Å². The second-order valence-electron chi connectivity index (χ2n) is 7.09. The number of aliphatic hydroxyl groups excluding tert-OH is 1. The molecule has 3 aromatic rings. The van der Waals surface area contributed by atoms with E-state index in [9.17, 15) is 24.2 Å². The lowest BCUT2D eigenvalue weighted by Crippen LogP contribution is -2.29. The molecule has 1 aliphatic rings. The highest BCUT2D eigenvalue weighted by Crippen LogP contribution is 2.44. The third kappa shape index (κ3) is 3.67.